The van der Waals surface area contributed by atoms with Crippen molar-refractivity contribution < 1.29 is 18.0 Å². The third kappa shape index (κ3) is 5.24. The minimum Gasteiger partial charge on any atom is -0.353 e. The summed E-state index contributed by atoms with van der Waals surface area (Å²) in [7, 11) is -1.94. The van der Waals surface area contributed by atoms with Crippen molar-refractivity contribution in [3.63, 3.8) is 0 Å². The first-order chi connectivity index (χ1) is 18.1. The molecule has 8 nitrogen and oxygen atoms in total. The zero-order valence-corrected chi connectivity index (χ0v) is 22.6. The van der Waals surface area contributed by atoms with Gasteiger partial charge in [-0.25, -0.2) is 8.42 Å². The average molecular weight is 533 g/mol. The summed E-state index contributed by atoms with van der Waals surface area (Å²) in [6, 6.07) is 18.0. The number of hydrogen-bond donors (Lipinski definition) is 3. The molecule has 1 saturated carbocycles. The van der Waals surface area contributed by atoms with E-state index in [-0.39, 0.29) is 17.9 Å². The zero-order valence-electron chi connectivity index (χ0n) is 21.7. The van der Waals surface area contributed by atoms with E-state index in [0.717, 1.165) is 43.1 Å². The lowest BCUT2D eigenvalue weighted by Crippen LogP contribution is -2.37. The Bertz CT molecular complexity index is 1510. The van der Waals surface area contributed by atoms with Crippen molar-refractivity contribution in [2.45, 2.75) is 38.6 Å². The van der Waals surface area contributed by atoms with Crippen molar-refractivity contribution in [1.82, 2.24) is 5.32 Å². The van der Waals surface area contributed by atoms with Crippen LogP contribution in [0.1, 0.15) is 53.3 Å². The van der Waals surface area contributed by atoms with Gasteiger partial charge in [0, 0.05) is 24.2 Å². The number of nitrogens with zero attached hydrogens (tertiary/aromatic N) is 1. The van der Waals surface area contributed by atoms with Crippen molar-refractivity contribution in [3.05, 3.63) is 71.8 Å². The van der Waals surface area contributed by atoms with E-state index >= 15 is 0 Å². The van der Waals surface area contributed by atoms with Crippen molar-refractivity contribution >= 4 is 44.6 Å². The van der Waals surface area contributed by atoms with Crippen LogP contribution in [0.4, 0.5) is 22.7 Å². The second-order valence-electron chi connectivity index (χ2n) is 10.3. The lowest BCUT2D eigenvalue weighted by Gasteiger charge is -2.27. The Labute approximate surface area is 223 Å². The summed E-state index contributed by atoms with van der Waals surface area (Å²) in [5.74, 6) is 0.267. The quantitative estimate of drug-likeness (QED) is 0.410. The summed E-state index contributed by atoms with van der Waals surface area (Å²) in [6.45, 7) is 2.24. The van der Waals surface area contributed by atoms with Gasteiger partial charge in [-0.3, -0.25) is 13.9 Å². The summed E-state index contributed by atoms with van der Waals surface area (Å²) in [6.07, 6.45) is 5.36. The largest absolute Gasteiger partial charge is 0.353 e. The molecule has 0 radical (unpaired) electrons. The summed E-state index contributed by atoms with van der Waals surface area (Å²) in [5.41, 5.74) is 4.74. The van der Waals surface area contributed by atoms with Crippen LogP contribution >= 0.6 is 0 Å². The summed E-state index contributed by atoms with van der Waals surface area (Å²) >= 11 is 0. The van der Waals surface area contributed by atoms with Gasteiger partial charge in [-0.2, -0.15) is 0 Å². The molecule has 1 aliphatic carbocycles. The summed E-state index contributed by atoms with van der Waals surface area (Å²) < 4.78 is 25.7. The third-order valence-electron chi connectivity index (χ3n) is 7.47. The number of fused-ring (bicyclic) bond motifs is 2. The van der Waals surface area contributed by atoms with Gasteiger partial charge in [0.05, 0.1) is 34.6 Å². The molecule has 0 saturated heterocycles. The molecule has 1 heterocycles. The number of rotatable bonds is 5. The number of para-hydroxylation sites is 1. The fraction of sp³-hybridized carbons (Fsp3) is 0.310. The number of carbonyl (C=O) groups excluding carboxylic acids is 2. The molecule has 0 aromatic heterocycles. The smallest absolute Gasteiger partial charge is 0.257 e. The van der Waals surface area contributed by atoms with Gasteiger partial charge >= 0.3 is 0 Å². The maximum absolute atomic E-state index is 13.1. The van der Waals surface area contributed by atoms with Gasteiger partial charge in [0.2, 0.25) is 10.0 Å². The third-order valence-corrected chi connectivity index (χ3v) is 8.66. The van der Waals surface area contributed by atoms with Crippen LogP contribution in [0.25, 0.3) is 11.1 Å². The molecule has 2 aliphatic rings. The fourth-order valence-electron chi connectivity index (χ4n) is 5.09. The first-order valence-electron chi connectivity index (χ1n) is 12.8. The number of sulfonamides is 1. The van der Waals surface area contributed by atoms with Crippen molar-refractivity contribution in [3.8, 4) is 11.1 Å². The highest BCUT2D eigenvalue weighted by atomic mass is 32.2. The Morgan fingerprint density at radius 1 is 0.895 bits per heavy atom. The van der Waals surface area contributed by atoms with Crippen LogP contribution in [-0.2, 0) is 10.0 Å². The van der Waals surface area contributed by atoms with E-state index in [1.807, 2.05) is 18.2 Å². The van der Waals surface area contributed by atoms with E-state index in [4.69, 9.17) is 0 Å². The van der Waals surface area contributed by atoms with Crippen molar-refractivity contribution in [1.29, 1.82) is 0 Å². The van der Waals surface area contributed by atoms with Crippen LogP contribution in [0, 0.1) is 5.92 Å². The second-order valence-corrected chi connectivity index (χ2v) is 12.3. The predicted octanol–water partition coefficient (Wildman–Crippen LogP) is 5.37. The highest BCUT2D eigenvalue weighted by Gasteiger charge is 2.24. The number of carbonyl (C=O) groups is 2. The molecule has 1 aliphatic heterocycles. The Morgan fingerprint density at radius 3 is 2.37 bits per heavy atom. The first kappa shape index (κ1) is 25.8. The van der Waals surface area contributed by atoms with Gasteiger partial charge in [0.1, 0.15) is 0 Å². The molecule has 198 valence electrons. The lowest BCUT2D eigenvalue weighted by atomic mass is 9.87. The Kier molecular flexibility index (Phi) is 6.88. The monoisotopic (exact) mass is 532 g/mol. The molecular weight excluding hydrogens is 500 g/mol. The standard InChI is InChI=1S/C29H32N4O4S/c1-18-8-12-21(13-9-18)30-28(34)20-11-15-24-26(17-20)32-29(35)23-14-10-19(16-25(23)31-24)22-6-4-5-7-27(22)33(2)38(3,36)37/h4-7,10-11,14-18,21,31H,8-9,12-13H2,1-3H3,(H,30,34)(H,32,35). The van der Waals surface area contributed by atoms with Gasteiger partial charge in [0.15, 0.2) is 0 Å². The minimum absolute atomic E-state index is 0.141. The second kappa shape index (κ2) is 10.1. The molecular formula is C29H32N4O4S. The fourth-order valence-corrected chi connectivity index (χ4v) is 5.61. The minimum atomic E-state index is -3.46. The molecule has 3 aromatic rings. The van der Waals surface area contributed by atoms with Crippen molar-refractivity contribution in [2.24, 2.45) is 5.92 Å². The van der Waals surface area contributed by atoms with E-state index in [1.165, 1.54) is 11.4 Å². The Balaban J connectivity index is 1.43. The topological polar surface area (TPSA) is 108 Å². The molecule has 0 unspecified atom stereocenters. The molecule has 0 spiro atoms. The van der Waals surface area contributed by atoms with Crippen LogP contribution < -0.4 is 20.3 Å². The van der Waals surface area contributed by atoms with Crippen LogP contribution in [0.5, 0.6) is 0 Å². The van der Waals surface area contributed by atoms with Gasteiger partial charge in [-0.05, 0) is 73.6 Å². The van der Waals surface area contributed by atoms with Crippen LogP contribution in [0.3, 0.4) is 0 Å². The van der Waals surface area contributed by atoms with Gasteiger partial charge < -0.3 is 16.0 Å². The van der Waals surface area contributed by atoms with E-state index in [2.05, 4.69) is 22.9 Å². The van der Waals surface area contributed by atoms with Gasteiger partial charge in [0.25, 0.3) is 11.8 Å². The SMILES string of the molecule is CC1CCC(NC(=O)c2ccc3c(c2)NC(=O)c2ccc(-c4ccccc4N(C)S(C)(=O)=O)cc2N3)CC1. The number of amides is 2. The molecule has 2 amide bonds. The molecule has 0 atom stereocenters. The van der Waals surface area contributed by atoms with E-state index in [0.29, 0.717) is 39.8 Å². The number of benzene rings is 3. The highest BCUT2D eigenvalue weighted by molar-refractivity contribution is 7.92. The zero-order chi connectivity index (χ0) is 27.0. The Morgan fingerprint density at radius 2 is 1.63 bits per heavy atom. The molecule has 0 bridgehead atoms. The number of hydrogen-bond acceptors (Lipinski definition) is 5. The highest BCUT2D eigenvalue weighted by Crippen LogP contribution is 2.38. The van der Waals surface area contributed by atoms with Crippen LogP contribution in [0.2, 0.25) is 0 Å². The number of anilines is 4. The average Bonchev–Trinajstić information content (AvgIpc) is 3.03. The molecule has 5 rings (SSSR count). The molecule has 9 heteroatoms. The molecule has 3 aromatic carbocycles. The van der Waals surface area contributed by atoms with E-state index in [9.17, 15) is 18.0 Å². The maximum atomic E-state index is 13.1. The molecule has 38 heavy (non-hydrogen) atoms. The summed E-state index contributed by atoms with van der Waals surface area (Å²) in [5, 5.41) is 9.39. The number of nitrogens with one attached hydrogen (secondary N) is 3. The molecule has 3 N–H and O–H groups in total. The first-order valence-corrected chi connectivity index (χ1v) is 14.7. The lowest BCUT2D eigenvalue weighted by molar-refractivity contribution is 0.0922. The maximum Gasteiger partial charge on any atom is 0.257 e. The molecule has 1 fully saturated rings. The van der Waals surface area contributed by atoms with Gasteiger partial charge in [-0.1, -0.05) is 31.2 Å². The predicted molar refractivity (Wildman–Crippen MR) is 152 cm³/mol. The van der Waals surface area contributed by atoms with Crippen LogP contribution in [-0.4, -0.2) is 39.6 Å². The van der Waals surface area contributed by atoms with E-state index in [1.54, 1.807) is 42.5 Å². The normalized spacial score (nSPS) is 18.8. The van der Waals surface area contributed by atoms with Crippen molar-refractivity contribution in [2.75, 3.05) is 28.2 Å². The van der Waals surface area contributed by atoms with E-state index < -0.39 is 10.0 Å². The van der Waals surface area contributed by atoms with Gasteiger partial charge in [-0.15, -0.1) is 0 Å². The van der Waals surface area contributed by atoms with Crippen LogP contribution in [0.15, 0.2) is 60.7 Å². The Hall–Kier alpha value is -3.85. The summed E-state index contributed by atoms with van der Waals surface area (Å²) in [4.78, 5) is 26.0.